The fourth-order valence-electron chi connectivity index (χ4n) is 2.20. The summed E-state index contributed by atoms with van der Waals surface area (Å²) in [6, 6.07) is 2.70. The first kappa shape index (κ1) is 20.1. The number of hydrogen-bond donors (Lipinski definition) is 1. The predicted octanol–water partition coefficient (Wildman–Crippen LogP) is 2.86. The second kappa shape index (κ2) is 8.94. The van der Waals surface area contributed by atoms with Gasteiger partial charge in [0.2, 0.25) is 10.9 Å². The Bertz CT molecular complexity index is 880. The largest absolute Gasteiger partial charge is 0.496 e. The number of anilines is 1. The Balaban J connectivity index is 2.28. The Morgan fingerprint density at radius 2 is 2.04 bits per heavy atom. The molecule has 0 bridgehead atoms. The van der Waals surface area contributed by atoms with Crippen LogP contribution < -0.4 is 14.9 Å². The Hall–Kier alpha value is -3.21. The molecule has 0 unspecified atom stereocenters. The normalized spacial score (nSPS) is 10.7. The van der Waals surface area contributed by atoms with Gasteiger partial charge in [-0.2, -0.15) is 5.10 Å². The first-order chi connectivity index (χ1) is 12.9. The van der Waals surface area contributed by atoms with Gasteiger partial charge in [-0.1, -0.05) is 18.3 Å². The fraction of sp³-hybridized carbons (Fsp3) is 0.312. The van der Waals surface area contributed by atoms with Crippen LogP contribution in [-0.4, -0.2) is 43.4 Å². The SMILES string of the molecule is CCc1nc(N/N=C\c2cc([N+](=O)[O-])c(OC)cc2OC)sc1C(=O)OC. The van der Waals surface area contributed by atoms with Crippen LogP contribution in [0.5, 0.6) is 11.5 Å². The molecule has 2 rings (SSSR count). The summed E-state index contributed by atoms with van der Waals surface area (Å²) in [6.45, 7) is 1.87. The standard InChI is InChI=1S/C16H18N4O6S/c1-5-10-14(15(21)26-4)27-16(18-10)19-17-8-9-6-11(20(22)23)13(25-3)7-12(9)24-2/h6-8H,5H2,1-4H3,(H,18,19)/b17-8-. The Kier molecular flexibility index (Phi) is 6.66. The van der Waals surface area contributed by atoms with Gasteiger partial charge in [0.25, 0.3) is 0 Å². The van der Waals surface area contributed by atoms with Crippen molar-refractivity contribution in [3.05, 3.63) is 38.4 Å². The molecule has 1 aromatic heterocycles. The molecular weight excluding hydrogens is 376 g/mol. The zero-order chi connectivity index (χ0) is 20.0. The van der Waals surface area contributed by atoms with Gasteiger partial charge in [-0.05, 0) is 6.42 Å². The molecule has 27 heavy (non-hydrogen) atoms. The summed E-state index contributed by atoms with van der Waals surface area (Å²) in [6.07, 6.45) is 1.92. The number of carbonyl (C=O) groups is 1. The van der Waals surface area contributed by atoms with Crippen LogP contribution in [0.3, 0.4) is 0 Å². The van der Waals surface area contributed by atoms with Crippen LogP contribution >= 0.6 is 11.3 Å². The minimum absolute atomic E-state index is 0.0807. The summed E-state index contributed by atoms with van der Waals surface area (Å²) < 4.78 is 14.9. The monoisotopic (exact) mass is 394 g/mol. The number of carbonyl (C=O) groups excluding carboxylic acids is 1. The predicted molar refractivity (Wildman–Crippen MR) is 100 cm³/mol. The van der Waals surface area contributed by atoms with Crippen LogP contribution in [0, 0.1) is 10.1 Å². The molecule has 0 aliphatic carbocycles. The van der Waals surface area contributed by atoms with Crippen LogP contribution in [0.1, 0.15) is 27.9 Å². The number of hydrogen-bond acceptors (Lipinski definition) is 10. The summed E-state index contributed by atoms with van der Waals surface area (Å²) in [5.41, 5.74) is 3.47. The number of hydrazone groups is 1. The van der Waals surface area contributed by atoms with Gasteiger partial charge in [-0.15, -0.1) is 0 Å². The van der Waals surface area contributed by atoms with Gasteiger partial charge in [0.05, 0.1) is 38.2 Å². The number of esters is 1. The van der Waals surface area contributed by atoms with E-state index in [1.165, 1.54) is 39.7 Å². The lowest BCUT2D eigenvalue weighted by Crippen LogP contribution is -2.01. The van der Waals surface area contributed by atoms with Gasteiger partial charge in [0.15, 0.2) is 0 Å². The number of nitrogens with one attached hydrogen (secondary N) is 1. The van der Waals surface area contributed by atoms with Crippen LogP contribution in [0.15, 0.2) is 17.2 Å². The Labute approximate surface area is 158 Å². The van der Waals surface area contributed by atoms with Crippen molar-refractivity contribution in [2.45, 2.75) is 13.3 Å². The first-order valence-electron chi connectivity index (χ1n) is 7.72. The second-order valence-electron chi connectivity index (χ2n) is 5.03. The van der Waals surface area contributed by atoms with Gasteiger partial charge >= 0.3 is 11.7 Å². The molecule has 0 spiro atoms. The molecule has 0 aliphatic rings. The van der Waals surface area contributed by atoms with Crippen molar-refractivity contribution in [1.29, 1.82) is 0 Å². The quantitative estimate of drug-likeness (QED) is 0.313. The maximum atomic E-state index is 11.7. The number of rotatable bonds is 8. The highest BCUT2D eigenvalue weighted by atomic mass is 32.1. The van der Waals surface area contributed by atoms with Crippen molar-refractivity contribution in [1.82, 2.24) is 4.98 Å². The number of methoxy groups -OCH3 is 3. The number of aryl methyl sites for hydroxylation is 1. The van der Waals surface area contributed by atoms with E-state index in [1.54, 1.807) is 0 Å². The molecule has 0 amide bonds. The molecule has 1 heterocycles. The molecule has 10 nitrogen and oxygen atoms in total. The zero-order valence-electron chi connectivity index (χ0n) is 15.1. The van der Waals surface area contributed by atoms with Crippen LogP contribution in [-0.2, 0) is 11.2 Å². The number of nitro benzene ring substituents is 1. The number of benzene rings is 1. The molecule has 0 radical (unpaired) electrons. The third kappa shape index (κ3) is 4.50. The maximum Gasteiger partial charge on any atom is 0.350 e. The molecule has 0 aliphatic heterocycles. The minimum atomic E-state index is -0.556. The summed E-state index contributed by atoms with van der Waals surface area (Å²) in [4.78, 5) is 27.0. The van der Waals surface area contributed by atoms with Crippen molar-refractivity contribution in [3.8, 4) is 11.5 Å². The Morgan fingerprint density at radius 1 is 1.33 bits per heavy atom. The van der Waals surface area contributed by atoms with Crippen molar-refractivity contribution >= 4 is 34.3 Å². The highest BCUT2D eigenvalue weighted by Crippen LogP contribution is 2.33. The van der Waals surface area contributed by atoms with Gasteiger partial charge in [-0.3, -0.25) is 15.5 Å². The van der Waals surface area contributed by atoms with Crippen molar-refractivity contribution in [3.63, 3.8) is 0 Å². The molecule has 0 fully saturated rings. The summed E-state index contributed by atoms with van der Waals surface area (Å²) in [5.74, 6) is -0.0300. The van der Waals surface area contributed by atoms with Gasteiger partial charge in [-0.25, -0.2) is 9.78 Å². The van der Waals surface area contributed by atoms with E-state index < -0.39 is 10.9 Å². The van der Waals surface area contributed by atoms with E-state index in [1.807, 2.05) is 6.92 Å². The van der Waals surface area contributed by atoms with E-state index in [9.17, 15) is 14.9 Å². The molecule has 11 heteroatoms. The average Bonchev–Trinajstić information content (AvgIpc) is 3.09. The van der Waals surface area contributed by atoms with Gasteiger partial charge in [0.1, 0.15) is 10.6 Å². The lowest BCUT2D eigenvalue weighted by molar-refractivity contribution is -0.385. The summed E-state index contributed by atoms with van der Waals surface area (Å²) in [7, 11) is 4.07. The molecular formula is C16H18N4O6S. The van der Waals surface area contributed by atoms with Gasteiger partial charge in [0, 0.05) is 17.7 Å². The molecule has 1 N–H and O–H groups in total. The number of nitrogens with zero attached hydrogens (tertiary/aromatic N) is 3. The molecule has 144 valence electrons. The minimum Gasteiger partial charge on any atom is -0.496 e. The van der Waals surface area contributed by atoms with E-state index in [-0.39, 0.29) is 11.4 Å². The van der Waals surface area contributed by atoms with Crippen LogP contribution in [0.25, 0.3) is 0 Å². The van der Waals surface area contributed by atoms with Crippen molar-refractivity contribution < 1.29 is 23.9 Å². The first-order valence-corrected chi connectivity index (χ1v) is 8.54. The second-order valence-corrected chi connectivity index (χ2v) is 6.03. The molecule has 0 atom stereocenters. The number of thiazole rings is 1. The highest BCUT2D eigenvalue weighted by molar-refractivity contribution is 7.17. The van der Waals surface area contributed by atoms with E-state index in [0.29, 0.717) is 33.4 Å². The van der Waals surface area contributed by atoms with E-state index in [0.717, 1.165) is 11.3 Å². The maximum absolute atomic E-state index is 11.7. The smallest absolute Gasteiger partial charge is 0.350 e. The fourth-order valence-corrected chi connectivity index (χ4v) is 3.12. The van der Waals surface area contributed by atoms with Gasteiger partial charge < -0.3 is 14.2 Å². The third-order valence-electron chi connectivity index (χ3n) is 3.49. The van der Waals surface area contributed by atoms with Crippen molar-refractivity contribution in [2.75, 3.05) is 26.8 Å². The topological polar surface area (TPSA) is 125 Å². The number of aromatic nitrogens is 1. The summed E-state index contributed by atoms with van der Waals surface area (Å²) in [5, 5.41) is 15.6. The highest BCUT2D eigenvalue weighted by Gasteiger charge is 2.19. The van der Waals surface area contributed by atoms with Crippen LogP contribution in [0.2, 0.25) is 0 Å². The number of ether oxygens (including phenoxy) is 3. The molecule has 0 saturated carbocycles. The Morgan fingerprint density at radius 3 is 2.59 bits per heavy atom. The van der Waals surface area contributed by atoms with Crippen molar-refractivity contribution in [2.24, 2.45) is 5.10 Å². The molecule has 0 saturated heterocycles. The molecule has 2 aromatic rings. The van der Waals surface area contributed by atoms with E-state index in [4.69, 9.17) is 14.2 Å². The third-order valence-corrected chi connectivity index (χ3v) is 4.48. The molecule has 1 aromatic carbocycles. The van der Waals surface area contributed by atoms with E-state index in [2.05, 4.69) is 15.5 Å². The lowest BCUT2D eigenvalue weighted by atomic mass is 10.1. The number of nitro groups is 1. The van der Waals surface area contributed by atoms with Crippen LogP contribution in [0.4, 0.5) is 10.8 Å². The zero-order valence-corrected chi connectivity index (χ0v) is 16.0. The average molecular weight is 394 g/mol. The lowest BCUT2D eigenvalue weighted by Gasteiger charge is -2.08. The van der Waals surface area contributed by atoms with E-state index >= 15 is 0 Å². The summed E-state index contributed by atoms with van der Waals surface area (Å²) >= 11 is 1.11.